The SMILES string of the molecule is Cc1cn(C[C@H]2CN(c3ccc(C4(C#N)CC4)c(F)c3)C(=O)O2)nn1. The standard InChI is InChI=1S/C17H16FN5O2/c1-11-7-22(21-20-11)8-13-9-23(16(24)25-13)12-2-3-14(15(18)6-12)17(10-19)4-5-17/h2-3,6-7,13H,4-5,8-9H2,1H3/t13-/m0/s1. The summed E-state index contributed by atoms with van der Waals surface area (Å²) in [4.78, 5) is 13.5. The van der Waals surface area contributed by atoms with E-state index >= 15 is 0 Å². The van der Waals surface area contributed by atoms with Crippen LogP contribution in [0.4, 0.5) is 14.9 Å². The molecule has 0 spiro atoms. The van der Waals surface area contributed by atoms with E-state index < -0.39 is 17.3 Å². The van der Waals surface area contributed by atoms with Crippen molar-refractivity contribution in [2.75, 3.05) is 11.4 Å². The third kappa shape index (κ3) is 2.71. The number of cyclic esters (lactones) is 1. The van der Waals surface area contributed by atoms with E-state index in [1.54, 1.807) is 23.0 Å². The summed E-state index contributed by atoms with van der Waals surface area (Å²) in [6.45, 7) is 2.52. The average Bonchev–Trinajstić information content (AvgIpc) is 3.14. The van der Waals surface area contributed by atoms with Crippen LogP contribution in [0, 0.1) is 24.1 Å². The quantitative estimate of drug-likeness (QED) is 0.852. The Labute approximate surface area is 143 Å². The van der Waals surface area contributed by atoms with Gasteiger partial charge in [-0.25, -0.2) is 13.9 Å². The zero-order valence-corrected chi connectivity index (χ0v) is 13.6. The molecule has 0 radical (unpaired) electrons. The maximum Gasteiger partial charge on any atom is 0.414 e. The van der Waals surface area contributed by atoms with E-state index in [1.165, 1.54) is 11.0 Å². The van der Waals surface area contributed by atoms with E-state index in [0.29, 0.717) is 37.2 Å². The fourth-order valence-corrected chi connectivity index (χ4v) is 3.15. The van der Waals surface area contributed by atoms with Crippen LogP contribution in [0.25, 0.3) is 0 Å². The highest BCUT2D eigenvalue weighted by molar-refractivity contribution is 5.89. The first-order valence-electron chi connectivity index (χ1n) is 8.07. The highest BCUT2D eigenvalue weighted by Gasteiger charge is 2.47. The maximum atomic E-state index is 14.4. The number of rotatable bonds is 4. The second-order valence-corrected chi connectivity index (χ2v) is 6.56. The molecule has 1 aliphatic carbocycles. The van der Waals surface area contributed by atoms with Crippen LogP contribution in [0.5, 0.6) is 0 Å². The van der Waals surface area contributed by atoms with Crippen molar-refractivity contribution in [3.63, 3.8) is 0 Å². The molecule has 0 bridgehead atoms. The largest absolute Gasteiger partial charge is 0.442 e. The van der Waals surface area contributed by atoms with Gasteiger partial charge in [-0.05, 0) is 31.9 Å². The molecule has 2 heterocycles. The number of carbonyl (C=O) groups excluding carboxylic acids is 1. The molecule has 0 unspecified atom stereocenters. The fraction of sp³-hybridized carbons (Fsp3) is 0.412. The van der Waals surface area contributed by atoms with Crippen molar-refractivity contribution >= 4 is 11.8 Å². The molecule has 1 atom stereocenters. The van der Waals surface area contributed by atoms with Gasteiger partial charge in [-0.1, -0.05) is 11.3 Å². The van der Waals surface area contributed by atoms with Gasteiger partial charge in [0.05, 0.1) is 36.0 Å². The molecule has 1 aliphatic heterocycles. The summed E-state index contributed by atoms with van der Waals surface area (Å²) in [5, 5.41) is 17.1. The topological polar surface area (TPSA) is 84.0 Å². The number of carbonyl (C=O) groups is 1. The summed E-state index contributed by atoms with van der Waals surface area (Å²) in [6.07, 6.45) is 2.21. The second kappa shape index (κ2) is 5.55. The van der Waals surface area contributed by atoms with Crippen LogP contribution in [0.1, 0.15) is 24.1 Å². The molecule has 2 fully saturated rings. The Morgan fingerprint density at radius 1 is 1.48 bits per heavy atom. The number of halogens is 1. The highest BCUT2D eigenvalue weighted by Crippen LogP contribution is 2.48. The molecule has 2 aliphatic rings. The fourth-order valence-electron chi connectivity index (χ4n) is 3.15. The molecule has 1 saturated carbocycles. The number of amides is 1. The molecular weight excluding hydrogens is 325 g/mol. The lowest BCUT2D eigenvalue weighted by Crippen LogP contribution is -2.26. The zero-order chi connectivity index (χ0) is 17.6. The Bertz CT molecular complexity index is 883. The van der Waals surface area contributed by atoms with E-state index in [0.717, 1.165) is 5.69 Å². The van der Waals surface area contributed by atoms with Gasteiger partial charge in [0.2, 0.25) is 0 Å². The zero-order valence-electron chi connectivity index (χ0n) is 13.6. The third-order valence-electron chi connectivity index (χ3n) is 4.66. The van der Waals surface area contributed by atoms with Gasteiger partial charge >= 0.3 is 6.09 Å². The van der Waals surface area contributed by atoms with Crippen molar-refractivity contribution in [3.8, 4) is 6.07 Å². The lowest BCUT2D eigenvalue weighted by atomic mass is 9.97. The van der Waals surface area contributed by atoms with E-state index in [4.69, 9.17) is 4.74 Å². The van der Waals surface area contributed by atoms with Crippen molar-refractivity contribution in [1.82, 2.24) is 15.0 Å². The number of ether oxygens (including phenoxy) is 1. The first-order chi connectivity index (χ1) is 12.0. The number of anilines is 1. The number of aromatic nitrogens is 3. The first-order valence-corrected chi connectivity index (χ1v) is 8.07. The van der Waals surface area contributed by atoms with Crippen LogP contribution < -0.4 is 4.90 Å². The number of hydrogen-bond acceptors (Lipinski definition) is 5. The van der Waals surface area contributed by atoms with Crippen molar-refractivity contribution in [1.29, 1.82) is 5.26 Å². The molecule has 1 saturated heterocycles. The summed E-state index contributed by atoms with van der Waals surface area (Å²) < 4.78 is 21.4. The van der Waals surface area contributed by atoms with Crippen LogP contribution >= 0.6 is 0 Å². The van der Waals surface area contributed by atoms with Gasteiger partial charge in [0.1, 0.15) is 11.9 Å². The van der Waals surface area contributed by atoms with Gasteiger partial charge < -0.3 is 4.74 Å². The van der Waals surface area contributed by atoms with E-state index in [-0.39, 0.29) is 6.10 Å². The minimum Gasteiger partial charge on any atom is -0.442 e. The summed E-state index contributed by atoms with van der Waals surface area (Å²) >= 11 is 0. The summed E-state index contributed by atoms with van der Waals surface area (Å²) in [6, 6.07) is 6.75. The Kier molecular flexibility index (Phi) is 3.46. The van der Waals surface area contributed by atoms with E-state index in [2.05, 4.69) is 16.4 Å². The number of nitrogens with zero attached hydrogens (tertiary/aromatic N) is 5. The van der Waals surface area contributed by atoms with Crippen LogP contribution in [-0.4, -0.2) is 33.7 Å². The minimum absolute atomic E-state index is 0.305. The molecule has 7 nitrogen and oxygen atoms in total. The average molecular weight is 341 g/mol. The number of nitriles is 1. The molecule has 128 valence electrons. The van der Waals surface area contributed by atoms with Gasteiger partial charge in [0.25, 0.3) is 0 Å². The highest BCUT2D eigenvalue weighted by atomic mass is 19.1. The third-order valence-corrected chi connectivity index (χ3v) is 4.66. The van der Waals surface area contributed by atoms with Crippen molar-refractivity contribution in [2.24, 2.45) is 0 Å². The normalized spacial score (nSPS) is 21.1. The lowest BCUT2D eigenvalue weighted by Gasteiger charge is -2.15. The van der Waals surface area contributed by atoms with Crippen molar-refractivity contribution in [3.05, 3.63) is 41.5 Å². The Morgan fingerprint density at radius 2 is 2.28 bits per heavy atom. The Morgan fingerprint density at radius 3 is 2.88 bits per heavy atom. The van der Waals surface area contributed by atoms with Crippen molar-refractivity contribution < 1.29 is 13.9 Å². The number of benzene rings is 1. The molecule has 1 aromatic carbocycles. The van der Waals surface area contributed by atoms with Crippen molar-refractivity contribution in [2.45, 2.75) is 37.8 Å². The second-order valence-electron chi connectivity index (χ2n) is 6.56. The van der Waals surface area contributed by atoms with Gasteiger partial charge in [0, 0.05) is 11.8 Å². The maximum absolute atomic E-state index is 14.4. The molecule has 4 rings (SSSR count). The van der Waals surface area contributed by atoms with Crippen LogP contribution in [-0.2, 0) is 16.7 Å². The predicted octanol–water partition coefficient (Wildman–Crippen LogP) is 2.31. The number of hydrogen-bond donors (Lipinski definition) is 0. The molecular formula is C17H16FN5O2. The molecule has 8 heteroatoms. The van der Waals surface area contributed by atoms with E-state index in [1.807, 2.05) is 6.92 Å². The first kappa shape index (κ1) is 15.6. The summed E-state index contributed by atoms with van der Waals surface area (Å²) in [5.74, 6) is -0.459. The molecule has 1 amide bonds. The smallest absolute Gasteiger partial charge is 0.414 e. The van der Waals surface area contributed by atoms with Gasteiger partial charge in [-0.2, -0.15) is 5.26 Å². The lowest BCUT2D eigenvalue weighted by molar-refractivity contribution is 0.129. The molecule has 1 aromatic heterocycles. The van der Waals surface area contributed by atoms with Gasteiger partial charge in [0.15, 0.2) is 0 Å². The van der Waals surface area contributed by atoms with Crippen LogP contribution in [0.2, 0.25) is 0 Å². The van der Waals surface area contributed by atoms with Crippen LogP contribution in [0.3, 0.4) is 0 Å². The Balaban J connectivity index is 1.51. The van der Waals surface area contributed by atoms with Crippen LogP contribution in [0.15, 0.2) is 24.4 Å². The minimum atomic E-state index is -0.693. The number of aryl methyl sites for hydroxylation is 1. The molecule has 2 aromatic rings. The van der Waals surface area contributed by atoms with Gasteiger partial charge in [-0.3, -0.25) is 4.90 Å². The predicted molar refractivity (Wildman–Crippen MR) is 85.3 cm³/mol. The molecule has 0 N–H and O–H groups in total. The van der Waals surface area contributed by atoms with E-state index in [9.17, 15) is 14.4 Å². The van der Waals surface area contributed by atoms with Gasteiger partial charge in [-0.15, -0.1) is 5.10 Å². The molecule has 25 heavy (non-hydrogen) atoms. The monoisotopic (exact) mass is 341 g/mol. The summed E-state index contributed by atoms with van der Waals surface area (Å²) in [5.41, 5.74) is 0.922. The summed E-state index contributed by atoms with van der Waals surface area (Å²) in [7, 11) is 0. The Hall–Kier alpha value is -2.95.